The molecule has 0 bridgehead atoms. The van der Waals surface area contributed by atoms with Crippen LogP contribution in [0.25, 0.3) is 0 Å². The molecule has 0 aromatic carbocycles. The molecule has 0 heterocycles. The zero-order valence-electron chi connectivity index (χ0n) is 19.1. The van der Waals surface area contributed by atoms with Crippen LogP contribution >= 0.6 is 0 Å². The molecule has 4 heteroatoms. The molecule has 0 radical (unpaired) electrons. The summed E-state index contributed by atoms with van der Waals surface area (Å²) in [6.07, 6.45) is 23.8. The van der Waals surface area contributed by atoms with Gasteiger partial charge in [0.25, 0.3) is 0 Å². The van der Waals surface area contributed by atoms with Gasteiger partial charge in [-0.3, -0.25) is 9.59 Å². The zero-order valence-corrected chi connectivity index (χ0v) is 19.1. The van der Waals surface area contributed by atoms with Crippen molar-refractivity contribution in [3.8, 4) is 0 Å². The summed E-state index contributed by atoms with van der Waals surface area (Å²) in [5.74, 6) is -0.770. The number of rotatable bonds is 23. The normalized spacial score (nSPS) is 11.2. The Morgan fingerprint density at radius 1 is 0.517 bits per heavy atom. The van der Waals surface area contributed by atoms with E-state index in [1.54, 1.807) is 0 Å². The van der Waals surface area contributed by atoms with Gasteiger partial charge in [-0.15, -0.1) is 0 Å². The molecule has 0 aliphatic heterocycles. The average molecular weight is 413 g/mol. The van der Waals surface area contributed by atoms with Crippen molar-refractivity contribution in [3.63, 3.8) is 0 Å². The van der Waals surface area contributed by atoms with Gasteiger partial charge in [0.15, 0.2) is 0 Å². The Balaban J connectivity index is 3.71. The summed E-state index contributed by atoms with van der Waals surface area (Å²) in [7, 11) is 0. The van der Waals surface area contributed by atoms with E-state index in [0.29, 0.717) is 5.92 Å². The van der Waals surface area contributed by atoms with Crippen molar-refractivity contribution in [1.29, 1.82) is 0 Å². The van der Waals surface area contributed by atoms with Crippen LogP contribution in [0.4, 0.5) is 0 Å². The molecule has 0 unspecified atom stereocenters. The van der Waals surface area contributed by atoms with Gasteiger partial charge < -0.3 is 10.2 Å². The van der Waals surface area contributed by atoms with E-state index in [2.05, 4.69) is 6.92 Å². The molecule has 0 saturated heterocycles. The predicted molar refractivity (Wildman–Crippen MR) is 121 cm³/mol. The number of hydrogen-bond acceptors (Lipinski definition) is 2. The van der Waals surface area contributed by atoms with Gasteiger partial charge in [0.1, 0.15) is 0 Å². The van der Waals surface area contributed by atoms with Gasteiger partial charge in [-0.25, -0.2) is 0 Å². The summed E-state index contributed by atoms with van der Waals surface area (Å²) in [4.78, 5) is 21.3. The molecule has 0 aromatic rings. The van der Waals surface area contributed by atoms with Crippen LogP contribution in [-0.4, -0.2) is 22.2 Å². The highest BCUT2D eigenvalue weighted by atomic mass is 16.4. The summed E-state index contributed by atoms with van der Waals surface area (Å²) in [5, 5.41) is 17.5. The molecule has 4 nitrogen and oxygen atoms in total. The SMILES string of the molecule is CCCCCCCCCCCCCCC(CCCCC(=O)O)CCCCC(=O)O. The minimum absolute atomic E-state index is 0.268. The van der Waals surface area contributed by atoms with Crippen LogP contribution in [0.3, 0.4) is 0 Å². The fraction of sp³-hybridized carbons (Fsp3) is 0.920. The molecule has 0 fully saturated rings. The first-order chi connectivity index (χ1) is 14.1. The minimum atomic E-state index is -0.705. The Hall–Kier alpha value is -1.06. The number of hydrogen-bond donors (Lipinski definition) is 2. The second-order valence-electron chi connectivity index (χ2n) is 8.82. The highest BCUT2D eigenvalue weighted by Crippen LogP contribution is 2.24. The van der Waals surface area contributed by atoms with Gasteiger partial charge in [-0.1, -0.05) is 116 Å². The lowest BCUT2D eigenvalue weighted by Gasteiger charge is -2.16. The molecule has 0 spiro atoms. The molecule has 172 valence electrons. The van der Waals surface area contributed by atoms with Crippen molar-refractivity contribution < 1.29 is 19.8 Å². The maximum absolute atomic E-state index is 10.7. The molecule has 2 N–H and O–H groups in total. The van der Waals surface area contributed by atoms with Crippen molar-refractivity contribution >= 4 is 11.9 Å². The Morgan fingerprint density at radius 3 is 1.17 bits per heavy atom. The summed E-state index contributed by atoms with van der Waals surface area (Å²) in [6, 6.07) is 0. The number of aliphatic carboxylic acids is 2. The Bertz CT molecular complexity index is 359. The van der Waals surface area contributed by atoms with Gasteiger partial charge in [0.05, 0.1) is 0 Å². The number of carboxylic acids is 2. The van der Waals surface area contributed by atoms with Crippen LogP contribution in [0.2, 0.25) is 0 Å². The molecule has 0 rings (SSSR count). The fourth-order valence-electron chi connectivity index (χ4n) is 4.13. The van der Waals surface area contributed by atoms with Gasteiger partial charge in [-0.05, 0) is 18.8 Å². The predicted octanol–water partition coefficient (Wildman–Crippen LogP) is 7.98. The first-order valence-electron chi connectivity index (χ1n) is 12.5. The number of carboxylic acid groups (broad SMARTS) is 2. The third kappa shape index (κ3) is 23.1. The average Bonchev–Trinajstić information content (AvgIpc) is 2.68. The molecule has 0 amide bonds. The zero-order chi connectivity index (χ0) is 21.6. The van der Waals surface area contributed by atoms with Crippen molar-refractivity contribution in [2.24, 2.45) is 5.92 Å². The first kappa shape index (κ1) is 27.9. The van der Waals surface area contributed by atoms with Crippen LogP contribution < -0.4 is 0 Å². The van der Waals surface area contributed by atoms with Crippen molar-refractivity contribution in [2.45, 2.75) is 142 Å². The maximum atomic E-state index is 10.7. The van der Waals surface area contributed by atoms with Crippen molar-refractivity contribution in [1.82, 2.24) is 0 Å². The van der Waals surface area contributed by atoms with E-state index >= 15 is 0 Å². The lowest BCUT2D eigenvalue weighted by molar-refractivity contribution is -0.138. The van der Waals surface area contributed by atoms with Crippen molar-refractivity contribution in [2.75, 3.05) is 0 Å². The summed E-state index contributed by atoms with van der Waals surface area (Å²) in [5.41, 5.74) is 0. The summed E-state index contributed by atoms with van der Waals surface area (Å²) < 4.78 is 0. The largest absolute Gasteiger partial charge is 0.481 e. The van der Waals surface area contributed by atoms with E-state index in [9.17, 15) is 9.59 Å². The van der Waals surface area contributed by atoms with Crippen LogP contribution in [0.1, 0.15) is 142 Å². The number of carbonyl (C=O) groups is 2. The van der Waals surface area contributed by atoms with Crippen LogP contribution in [0.5, 0.6) is 0 Å². The molecule has 0 saturated carbocycles. The molecule has 0 aliphatic rings. The molecule has 0 aliphatic carbocycles. The quantitative estimate of drug-likeness (QED) is 0.167. The maximum Gasteiger partial charge on any atom is 0.303 e. The lowest BCUT2D eigenvalue weighted by Crippen LogP contribution is -2.03. The number of unbranched alkanes of at least 4 members (excludes halogenated alkanes) is 13. The minimum Gasteiger partial charge on any atom is -0.481 e. The van der Waals surface area contributed by atoms with Gasteiger partial charge in [-0.2, -0.15) is 0 Å². The Morgan fingerprint density at radius 2 is 0.828 bits per heavy atom. The third-order valence-electron chi connectivity index (χ3n) is 5.97. The van der Waals surface area contributed by atoms with Crippen LogP contribution in [0, 0.1) is 5.92 Å². The smallest absolute Gasteiger partial charge is 0.303 e. The van der Waals surface area contributed by atoms with Gasteiger partial charge in [0, 0.05) is 12.8 Å². The van der Waals surface area contributed by atoms with Gasteiger partial charge in [0.2, 0.25) is 0 Å². The van der Waals surface area contributed by atoms with E-state index in [4.69, 9.17) is 10.2 Å². The first-order valence-corrected chi connectivity index (χ1v) is 12.5. The fourth-order valence-corrected chi connectivity index (χ4v) is 4.13. The molecule has 0 atom stereocenters. The van der Waals surface area contributed by atoms with Crippen LogP contribution in [0.15, 0.2) is 0 Å². The summed E-state index contributed by atoms with van der Waals surface area (Å²) >= 11 is 0. The summed E-state index contributed by atoms with van der Waals surface area (Å²) in [6.45, 7) is 2.27. The second kappa shape index (κ2) is 21.6. The second-order valence-corrected chi connectivity index (χ2v) is 8.82. The van der Waals surface area contributed by atoms with Gasteiger partial charge >= 0.3 is 11.9 Å². The van der Waals surface area contributed by atoms with Crippen LogP contribution in [-0.2, 0) is 9.59 Å². The van der Waals surface area contributed by atoms with E-state index in [-0.39, 0.29) is 12.8 Å². The molecule has 0 aromatic heterocycles. The highest BCUT2D eigenvalue weighted by Gasteiger charge is 2.10. The van der Waals surface area contributed by atoms with E-state index in [1.807, 2.05) is 0 Å². The third-order valence-corrected chi connectivity index (χ3v) is 5.97. The van der Waals surface area contributed by atoms with Crippen molar-refractivity contribution in [3.05, 3.63) is 0 Å². The lowest BCUT2D eigenvalue weighted by atomic mass is 9.90. The van der Waals surface area contributed by atoms with E-state index in [0.717, 1.165) is 38.5 Å². The Kier molecular flexibility index (Phi) is 20.9. The highest BCUT2D eigenvalue weighted by molar-refractivity contribution is 5.66. The standard InChI is InChI=1S/C25H48O4/c1-2-3-4-5-6-7-8-9-10-11-12-13-18-23(19-14-16-21-24(26)27)20-15-17-22-25(28)29/h23H,2-22H2,1H3,(H,26,27)(H,28,29). The van der Waals surface area contributed by atoms with E-state index in [1.165, 1.54) is 83.5 Å². The molecular weight excluding hydrogens is 364 g/mol. The van der Waals surface area contributed by atoms with E-state index < -0.39 is 11.9 Å². The molecular formula is C25H48O4. The molecule has 29 heavy (non-hydrogen) atoms. The topological polar surface area (TPSA) is 74.6 Å². The monoisotopic (exact) mass is 412 g/mol. The Labute approximate surface area is 179 Å².